The molecule has 0 amide bonds. The summed E-state index contributed by atoms with van der Waals surface area (Å²) in [4.78, 5) is 12.2. The molecule has 2 heterocycles. The van der Waals surface area contributed by atoms with Crippen molar-refractivity contribution in [3.63, 3.8) is 0 Å². The van der Waals surface area contributed by atoms with Crippen molar-refractivity contribution in [2.75, 3.05) is 17.3 Å². The highest BCUT2D eigenvalue weighted by molar-refractivity contribution is 8.01. The number of carbonyl (C=O) groups excluding carboxylic acids is 1. The number of rotatable bonds is 5. The third-order valence-corrected chi connectivity index (χ3v) is 9.21. The number of carbonyl (C=O) groups is 1. The van der Waals surface area contributed by atoms with Crippen LogP contribution in [0, 0.1) is 6.92 Å². The first-order valence-corrected chi connectivity index (χ1v) is 14.3. The Bertz CT molecular complexity index is 997. The number of hydrogen-bond acceptors (Lipinski definition) is 5. The van der Waals surface area contributed by atoms with Gasteiger partial charge in [0.2, 0.25) is 0 Å². The molecular formula is C27H35NO3S2. The average Bonchev–Trinajstić information content (AvgIpc) is 2.76. The third-order valence-electron chi connectivity index (χ3n) is 6.79. The highest BCUT2D eigenvalue weighted by atomic mass is 32.2. The van der Waals surface area contributed by atoms with Gasteiger partial charge >= 0.3 is 0 Å². The number of aliphatic carboxylic acids is 1. The molecule has 1 saturated heterocycles. The van der Waals surface area contributed by atoms with Gasteiger partial charge in [0, 0.05) is 45.6 Å². The molecule has 6 heteroatoms. The molecule has 5 rings (SSSR count). The van der Waals surface area contributed by atoms with Crippen molar-refractivity contribution in [2.24, 2.45) is 0 Å². The number of fused-ring (bicyclic) bond motifs is 2. The maximum atomic E-state index is 11.1. The first-order chi connectivity index (χ1) is 16.0. The maximum Gasteiger partial charge on any atom is 0.132 e. The minimum Gasteiger partial charge on any atom is -0.549 e. The van der Waals surface area contributed by atoms with Crippen molar-refractivity contribution < 1.29 is 20.4 Å². The Morgan fingerprint density at radius 3 is 2.48 bits per heavy atom. The zero-order valence-corrected chi connectivity index (χ0v) is 21.4. The summed E-state index contributed by atoms with van der Waals surface area (Å²) in [5.74, 6) is 3.48. The first-order valence-electron chi connectivity index (χ1n) is 12.2. The van der Waals surface area contributed by atoms with Gasteiger partial charge in [0.05, 0.1) is 12.0 Å². The van der Waals surface area contributed by atoms with Gasteiger partial charge in [-0.2, -0.15) is 11.8 Å². The molecule has 2 aromatic carbocycles. The van der Waals surface area contributed by atoms with E-state index in [-0.39, 0.29) is 5.75 Å². The van der Waals surface area contributed by atoms with E-state index in [4.69, 9.17) is 4.74 Å². The van der Waals surface area contributed by atoms with Crippen LogP contribution < -0.4 is 15.6 Å². The fraction of sp³-hybridized carbons (Fsp3) is 0.519. The van der Waals surface area contributed by atoms with E-state index in [1.165, 1.54) is 66.1 Å². The smallest absolute Gasteiger partial charge is 0.132 e. The van der Waals surface area contributed by atoms with Crippen molar-refractivity contribution in [1.82, 2.24) is 0 Å². The van der Waals surface area contributed by atoms with Gasteiger partial charge < -0.3 is 20.4 Å². The Balaban J connectivity index is 0.000000318. The zero-order valence-electron chi connectivity index (χ0n) is 19.8. The largest absolute Gasteiger partial charge is 0.549 e. The van der Waals surface area contributed by atoms with Crippen LogP contribution >= 0.6 is 23.5 Å². The van der Waals surface area contributed by atoms with Crippen molar-refractivity contribution in [1.29, 1.82) is 0 Å². The van der Waals surface area contributed by atoms with Crippen LogP contribution in [0.2, 0.25) is 0 Å². The molecule has 2 aromatic rings. The van der Waals surface area contributed by atoms with Crippen LogP contribution in [0.4, 0.5) is 0 Å². The molecule has 1 aliphatic carbocycles. The van der Waals surface area contributed by atoms with Crippen molar-refractivity contribution >= 4 is 29.5 Å². The number of benzene rings is 2. The van der Waals surface area contributed by atoms with Crippen LogP contribution in [0.3, 0.4) is 0 Å². The molecule has 33 heavy (non-hydrogen) atoms. The van der Waals surface area contributed by atoms with Gasteiger partial charge in [-0.25, -0.2) is 0 Å². The van der Waals surface area contributed by atoms with Gasteiger partial charge in [-0.3, -0.25) is 0 Å². The van der Waals surface area contributed by atoms with Crippen LogP contribution in [-0.4, -0.2) is 29.3 Å². The monoisotopic (exact) mass is 485 g/mol. The third kappa shape index (κ3) is 5.90. The summed E-state index contributed by atoms with van der Waals surface area (Å²) in [7, 11) is 0. The molecule has 3 aliphatic rings. The first kappa shape index (κ1) is 24.5. The highest BCUT2D eigenvalue weighted by Crippen LogP contribution is 2.47. The maximum absolute atomic E-state index is 11.1. The van der Waals surface area contributed by atoms with E-state index in [2.05, 4.69) is 43.8 Å². The summed E-state index contributed by atoms with van der Waals surface area (Å²) < 4.78 is 6.25. The number of carboxylic acid groups (broad SMARTS) is 1. The zero-order chi connectivity index (χ0) is 23.4. The molecule has 0 radical (unpaired) electrons. The normalized spacial score (nSPS) is 17.7. The summed E-state index contributed by atoms with van der Waals surface area (Å²) in [5, 5.41) is 11.1. The predicted molar refractivity (Wildman–Crippen MR) is 135 cm³/mol. The predicted octanol–water partition coefficient (Wildman–Crippen LogP) is 4.49. The quantitative estimate of drug-likeness (QED) is 0.539. The molecule has 0 unspecified atom stereocenters. The van der Waals surface area contributed by atoms with E-state index in [9.17, 15) is 9.90 Å². The summed E-state index contributed by atoms with van der Waals surface area (Å²) in [6, 6.07) is 9.31. The van der Waals surface area contributed by atoms with Crippen molar-refractivity contribution in [3.05, 3.63) is 52.1 Å². The Hall–Kier alpha value is -1.63. The molecule has 2 aliphatic heterocycles. The molecule has 0 bridgehead atoms. The topological polar surface area (TPSA) is 77.0 Å². The minimum atomic E-state index is -1.02. The molecule has 0 aromatic heterocycles. The lowest BCUT2D eigenvalue weighted by atomic mass is 9.90. The molecular weight excluding hydrogens is 450 g/mol. The van der Waals surface area contributed by atoms with Crippen LogP contribution in [0.15, 0.2) is 29.2 Å². The standard InChI is InChI=1S/C21H22O3S2.C6H13N/c1-3-13-6-12(2)7-19-16(13)8-17-18(24-19)5-4-15(14-9-25-10-14)21(17)26-11-20(22)23;7-6-4-2-1-3-5-6/h4-7,14H,3,8-11H2,1-2H3,(H,22,23);6H,1-5,7H2. The van der Waals surface area contributed by atoms with Crippen LogP contribution in [0.5, 0.6) is 11.5 Å². The SMILES string of the molecule is CCc1cc(C)cc2c1Cc1c(ccc(C3CSC3)c1SCC(=O)[O-])O2.[NH3+]C1CCCCC1. The highest BCUT2D eigenvalue weighted by Gasteiger charge is 2.29. The van der Waals surface area contributed by atoms with Crippen LogP contribution in [0.25, 0.3) is 0 Å². The van der Waals surface area contributed by atoms with E-state index < -0.39 is 5.97 Å². The molecule has 4 nitrogen and oxygen atoms in total. The van der Waals surface area contributed by atoms with E-state index in [1.807, 2.05) is 11.8 Å². The second-order valence-electron chi connectivity index (χ2n) is 9.39. The lowest BCUT2D eigenvalue weighted by Gasteiger charge is -2.31. The van der Waals surface area contributed by atoms with Crippen molar-refractivity contribution in [2.45, 2.75) is 75.6 Å². The lowest BCUT2D eigenvalue weighted by Crippen LogP contribution is -2.61. The summed E-state index contributed by atoms with van der Waals surface area (Å²) in [6.45, 7) is 4.26. The van der Waals surface area contributed by atoms with Gasteiger partial charge in [-0.1, -0.05) is 25.5 Å². The van der Waals surface area contributed by atoms with Gasteiger partial charge in [-0.05, 0) is 67.9 Å². The number of aryl methyl sites for hydroxylation is 2. The number of hydrogen-bond donors (Lipinski definition) is 1. The van der Waals surface area contributed by atoms with Gasteiger partial charge in [0.15, 0.2) is 0 Å². The van der Waals surface area contributed by atoms with E-state index in [0.717, 1.165) is 52.3 Å². The van der Waals surface area contributed by atoms with Gasteiger partial charge in [0.1, 0.15) is 11.5 Å². The van der Waals surface area contributed by atoms with Gasteiger partial charge in [-0.15, -0.1) is 11.8 Å². The Morgan fingerprint density at radius 2 is 1.91 bits per heavy atom. The fourth-order valence-electron chi connectivity index (χ4n) is 4.87. The molecule has 0 atom stereocenters. The number of ether oxygens (including phenoxy) is 1. The Morgan fingerprint density at radius 1 is 1.15 bits per heavy atom. The van der Waals surface area contributed by atoms with E-state index in [0.29, 0.717) is 5.92 Å². The van der Waals surface area contributed by atoms with Crippen molar-refractivity contribution in [3.8, 4) is 11.5 Å². The average molecular weight is 486 g/mol. The minimum absolute atomic E-state index is 0.0231. The summed E-state index contributed by atoms with van der Waals surface area (Å²) in [6.07, 6.45) is 8.81. The van der Waals surface area contributed by atoms with E-state index >= 15 is 0 Å². The fourth-order valence-corrected chi connectivity index (χ4v) is 6.72. The second-order valence-corrected chi connectivity index (χ2v) is 11.5. The summed E-state index contributed by atoms with van der Waals surface area (Å²) in [5.41, 5.74) is 10.2. The Labute approximate surface area is 206 Å². The van der Waals surface area contributed by atoms with Crippen LogP contribution in [-0.2, 0) is 17.6 Å². The number of quaternary nitrogens is 1. The molecule has 3 N–H and O–H groups in total. The number of thioether (sulfide) groups is 2. The van der Waals surface area contributed by atoms with E-state index in [1.54, 1.807) is 0 Å². The second kappa shape index (κ2) is 11.2. The molecule has 2 fully saturated rings. The molecule has 178 valence electrons. The van der Waals surface area contributed by atoms with Gasteiger partial charge in [0.25, 0.3) is 0 Å². The molecule has 1 saturated carbocycles. The summed E-state index contributed by atoms with van der Waals surface area (Å²) >= 11 is 3.32. The number of carboxylic acids is 1. The Kier molecular flexibility index (Phi) is 8.31. The van der Waals surface area contributed by atoms with Crippen LogP contribution in [0.1, 0.15) is 72.8 Å². The molecule has 0 spiro atoms. The lowest BCUT2D eigenvalue weighted by molar-refractivity contribution is -0.425.